The molecule has 0 aliphatic rings. The molecule has 0 unspecified atom stereocenters. The summed E-state index contributed by atoms with van der Waals surface area (Å²) in [5.41, 5.74) is 4.53. The lowest BCUT2D eigenvalue weighted by Gasteiger charge is -2.08. The molecule has 0 aliphatic carbocycles. The topological polar surface area (TPSA) is 83.1 Å². The number of benzene rings is 2. The van der Waals surface area contributed by atoms with Crippen LogP contribution in [0.4, 0.5) is 5.82 Å². The van der Waals surface area contributed by atoms with Crippen molar-refractivity contribution in [3.63, 3.8) is 0 Å². The molecule has 0 radical (unpaired) electrons. The number of rotatable bonds is 6. The summed E-state index contributed by atoms with van der Waals surface area (Å²) >= 11 is 0. The van der Waals surface area contributed by atoms with Crippen molar-refractivity contribution in [3.8, 4) is 17.0 Å². The lowest BCUT2D eigenvalue weighted by Crippen LogP contribution is -2.01. The van der Waals surface area contributed by atoms with E-state index in [2.05, 4.69) is 32.4 Å². The summed E-state index contributed by atoms with van der Waals surface area (Å²) in [7, 11) is 1.62. The van der Waals surface area contributed by atoms with Crippen LogP contribution in [0.1, 0.15) is 11.1 Å². The summed E-state index contributed by atoms with van der Waals surface area (Å²) in [5, 5.41) is 13.6. The normalized spacial score (nSPS) is 10.9. The van der Waals surface area contributed by atoms with E-state index in [9.17, 15) is 5.11 Å². The Morgan fingerprint density at radius 2 is 1.89 bits per heavy atom. The second-order valence-corrected chi connectivity index (χ2v) is 6.20. The van der Waals surface area contributed by atoms with Crippen LogP contribution in [-0.2, 0) is 13.2 Å². The number of hydrogen-bond donors (Lipinski definition) is 3. The molecule has 0 fully saturated rings. The third-order valence-corrected chi connectivity index (χ3v) is 4.47. The number of nitrogens with zero attached hydrogens (tertiary/aromatic N) is 2. The lowest BCUT2D eigenvalue weighted by molar-refractivity contribution is 0.281. The van der Waals surface area contributed by atoms with E-state index < -0.39 is 0 Å². The molecule has 6 heteroatoms. The van der Waals surface area contributed by atoms with Gasteiger partial charge in [-0.05, 0) is 29.3 Å². The molecule has 3 N–H and O–H groups in total. The van der Waals surface area contributed by atoms with Crippen LogP contribution in [0.5, 0.6) is 5.75 Å². The zero-order valence-electron chi connectivity index (χ0n) is 14.9. The molecule has 27 heavy (non-hydrogen) atoms. The summed E-state index contributed by atoms with van der Waals surface area (Å²) in [6.45, 7) is 0.657. The molecule has 2 heterocycles. The summed E-state index contributed by atoms with van der Waals surface area (Å²) < 4.78 is 5.49. The zero-order valence-corrected chi connectivity index (χ0v) is 14.9. The van der Waals surface area contributed by atoms with Crippen LogP contribution in [0.25, 0.3) is 22.3 Å². The second kappa shape index (κ2) is 7.47. The van der Waals surface area contributed by atoms with Gasteiger partial charge in [-0.25, -0.2) is 9.97 Å². The van der Waals surface area contributed by atoms with Crippen molar-refractivity contribution in [3.05, 3.63) is 72.1 Å². The van der Waals surface area contributed by atoms with Crippen molar-refractivity contribution < 1.29 is 9.84 Å². The summed E-state index contributed by atoms with van der Waals surface area (Å²) in [5.74, 6) is 1.47. The summed E-state index contributed by atoms with van der Waals surface area (Å²) in [6.07, 6.45) is 1.54. The number of aliphatic hydroxyl groups excluding tert-OH is 1. The molecule has 0 saturated heterocycles. The van der Waals surface area contributed by atoms with Crippen molar-refractivity contribution in [1.82, 2.24) is 15.0 Å². The maximum atomic E-state index is 9.33. The van der Waals surface area contributed by atoms with Gasteiger partial charge in [0.2, 0.25) is 0 Å². The highest BCUT2D eigenvalue weighted by Crippen LogP contribution is 2.33. The number of methoxy groups -OCH3 is 1. The van der Waals surface area contributed by atoms with Gasteiger partial charge < -0.3 is 20.1 Å². The largest absolute Gasteiger partial charge is 0.496 e. The highest BCUT2D eigenvalue weighted by Gasteiger charge is 2.13. The Hall–Kier alpha value is -3.38. The van der Waals surface area contributed by atoms with E-state index in [4.69, 9.17) is 4.74 Å². The van der Waals surface area contributed by atoms with Crippen molar-refractivity contribution in [2.45, 2.75) is 13.2 Å². The fourth-order valence-corrected chi connectivity index (χ4v) is 3.06. The van der Waals surface area contributed by atoms with Crippen LogP contribution in [-0.4, -0.2) is 27.2 Å². The number of fused-ring (bicyclic) bond motifs is 1. The van der Waals surface area contributed by atoms with Gasteiger partial charge in [-0.2, -0.15) is 0 Å². The number of hydrogen-bond acceptors (Lipinski definition) is 5. The predicted octanol–water partition coefficient (Wildman–Crippen LogP) is 3.74. The molecule has 0 saturated carbocycles. The highest BCUT2D eigenvalue weighted by molar-refractivity contribution is 5.92. The Bertz CT molecular complexity index is 1060. The van der Waals surface area contributed by atoms with Crippen LogP contribution < -0.4 is 10.1 Å². The fraction of sp³-hybridized carbons (Fsp3) is 0.143. The first-order chi connectivity index (χ1) is 13.3. The van der Waals surface area contributed by atoms with Gasteiger partial charge in [-0.15, -0.1) is 0 Å². The third-order valence-electron chi connectivity index (χ3n) is 4.47. The van der Waals surface area contributed by atoms with Gasteiger partial charge in [-0.1, -0.05) is 36.4 Å². The highest BCUT2D eigenvalue weighted by atomic mass is 16.5. The van der Waals surface area contributed by atoms with Crippen LogP contribution in [0.2, 0.25) is 0 Å². The van der Waals surface area contributed by atoms with Gasteiger partial charge in [0.05, 0.1) is 24.8 Å². The minimum atomic E-state index is -0.0254. The molecule has 0 spiro atoms. The molecule has 6 nitrogen and oxygen atoms in total. The van der Waals surface area contributed by atoms with Gasteiger partial charge in [0.25, 0.3) is 0 Å². The number of nitrogens with one attached hydrogen (secondary N) is 2. The van der Waals surface area contributed by atoms with Crippen LogP contribution >= 0.6 is 0 Å². The second-order valence-electron chi connectivity index (χ2n) is 6.20. The van der Waals surface area contributed by atoms with E-state index in [1.165, 1.54) is 5.56 Å². The monoisotopic (exact) mass is 360 g/mol. The molecule has 0 bridgehead atoms. The minimum Gasteiger partial charge on any atom is -0.496 e. The average molecular weight is 360 g/mol. The smallest absolute Gasteiger partial charge is 0.143 e. The molecular formula is C21H20N4O2. The molecule has 0 aliphatic heterocycles. The third kappa shape index (κ3) is 3.47. The first-order valence-electron chi connectivity index (χ1n) is 8.68. The van der Waals surface area contributed by atoms with Crippen LogP contribution in [0, 0.1) is 0 Å². The maximum Gasteiger partial charge on any atom is 0.143 e. The first kappa shape index (κ1) is 17.1. The van der Waals surface area contributed by atoms with E-state index >= 15 is 0 Å². The van der Waals surface area contributed by atoms with E-state index in [1.807, 2.05) is 42.5 Å². The van der Waals surface area contributed by atoms with Gasteiger partial charge in [0.15, 0.2) is 0 Å². The van der Waals surface area contributed by atoms with E-state index in [0.29, 0.717) is 12.3 Å². The van der Waals surface area contributed by atoms with E-state index in [1.54, 1.807) is 13.4 Å². The number of aromatic amines is 1. The number of ether oxygens (including phenoxy) is 1. The van der Waals surface area contributed by atoms with Crippen LogP contribution in [0.15, 0.2) is 60.9 Å². The van der Waals surface area contributed by atoms with Crippen molar-refractivity contribution in [1.29, 1.82) is 0 Å². The Morgan fingerprint density at radius 1 is 1.04 bits per heavy atom. The summed E-state index contributed by atoms with van der Waals surface area (Å²) in [4.78, 5) is 12.1. The fourth-order valence-electron chi connectivity index (χ4n) is 3.06. The molecule has 2 aromatic carbocycles. The van der Waals surface area contributed by atoms with Crippen molar-refractivity contribution >= 4 is 16.9 Å². The van der Waals surface area contributed by atoms with E-state index in [-0.39, 0.29) is 6.61 Å². The quantitative estimate of drug-likeness (QED) is 0.488. The molecular weight excluding hydrogens is 340 g/mol. The Labute approximate surface area is 156 Å². The number of anilines is 1. The number of H-pyrrole nitrogens is 1. The Kier molecular flexibility index (Phi) is 4.72. The predicted molar refractivity (Wildman–Crippen MR) is 106 cm³/mol. The summed E-state index contributed by atoms with van der Waals surface area (Å²) in [6, 6.07) is 17.8. The molecule has 2 aromatic heterocycles. The maximum absolute atomic E-state index is 9.33. The first-order valence-corrected chi connectivity index (χ1v) is 8.68. The number of aromatic nitrogens is 3. The van der Waals surface area contributed by atoms with Gasteiger partial charge in [0.1, 0.15) is 23.5 Å². The zero-order chi connectivity index (χ0) is 18.6. The average Bonchev–Trinajstić information content (AvgIpc) is 3.17. The molecule has 4 rings (SSSR count). The van der Waals surface area contributed by atoms with Gasteiger partial charge >= 0.3 is 0 Å². The SMILES string of the molecule is COc1cc(CO)ccc1-c1cc2c(NCc3ccccc3)ncnc2[nH]1. The molecule has 0 atom stereocenters. The van der Waals surface area contributed by atoms with Gasteiger partial charge in [-0.3, -0.25) is 0 Å². The Morgan fingerprint density at radius 3 is 2.67 bits per heavy atom. The van der Waals surface area contributed by atoms with Crippen molar-refractivity contribution in [2.24, 2.45) is 0 Å². The molecule has 4 aromatic rings. The van der Waals surface area contributed by atoms with E-state index in [0.717, 1.165) is 33.7 Å². The van der Waals surface area contributed by atoms with Gasteiger partial charge in [0, 0.05) is 12.1 Å². The molecule has 0 amide bonds. The lowest BCUT2D eigenvalue weighted by atomic mass is 10.1. The van der Waals surface area contributed by atoms with Crippen molar-refractivity contribution in [2.75, 3.05) is 12.4 Å². The van der Waals surface area contributed by atoms with Crippen LogP contribution in [0.3, 0.4) is 0 Å². The molecule has 136 valence electrons. The number of aliphatic hydroxyl groups is 1. The Balaban J connectivity index is 1.69. The minimum absolute atomic E-state index is 0.0254. The standard InChI is InChI=1S/C21H20N4O2/c1-27-19-9-15(12-26)7-8-16(19)18-10-17-20(23-13-24-21(17)25-18)22-11-14-5-3-2-4-6-14/h2-10,13,26H,11-12H2,1H3,(H2,22,23,24,25).